The number of aldehydes is 1. The van der Waals surface area contributed by atoms with Crippen molar-refractivity contribution in [1.82, 2.24) is 0 Å². The Bertz CT molecular complexity index is 426. The van der Waals surface area contributed by atoms with E-state index in [2.05, 4.69) is 4.74 Å². The molecule has 0 bridgehead atoms. The zero-order valence-corrected chi connectivity index (χ0v) is 10.5. The van der Waals surface area contributed by atoms with Crippen LogP contribution in [0.2, 0.25) is 0 Å². The molecule has 104 valence electrons. The maximum atomic E-state index is 11.2. The summed E-state index contributed by atoms with van der Waals surface area (Å²) in [7, 11) is 0. The van der Waals surface area contributed by atoms with Crippen molar-refractivity contribution in [3.05, 3.63) is 33.5 Å². The van der Waals surface area contributed by atoms with E-state index in [-0.39, 0.29) is 31.4 Å². The summed E-state index contributed by atoms with van der Waals surface area (Å²) in [5.74, 6) is -0.910. The number of esters is 1. The molecule has 0 heterocycles. The van der Waals surface area contributed by atoms with Gasteiger partial charge in [0.2, 0.25) is 0 Å². The fourth-order valence-electron chi connectivity index (χ4n) is 1.77. The molecule has 1 unspecified atom stereocenters. The van der Waals surface area contributed by atoms with Crippen LogP contribution in [0.15, 0.2) is 23.4 Å². The van der Waals surface area contributed by atoms with Crippen molar-refractivity contribution in [1.29, 1.82) is 0 Å². The van der Waals surface area contributed by atoms with Gasteiger partial charge < -0.3 is 14.3 Å². The molecule has 7 heteroatoms. The molecule has 1 aliphatic rings. The topological polar surface area (TPSA) is 95.7 Å². The van der Waals surface area contributed by atoms with E-state index in [0.29, 0.717) is 12.7 Å². The van der Waals surface area contributed by atoms with Gasteiger partial charge in [0, 0.05) is 6.08 Å². The van der Waals surface area contributed by atoms with Gasteiger partial charge in [0.25, 0.3) is 5.70 Å². The lowest BCUT2D eigenvalue weighted by Crippen LogP contribution is -2.17. The number of carbonyl (C=O) groups excluding carboxylic acids is 2. The minimum atomic E-state index is -0.590. The molecule has 0 amide bonds. The van der Waals surface area contributed by atoms with Crippen LogP contribution in [0.4, 0.5) is 0 Å². The SMILES string of the molecule is CC1=CC=C([N+](=O)[O-])C1CCOC(=O)COCC=O. The van der Waals surface area contributed by atoms with Gasteiger partial charge in [-0.3, -0.25) is 10.1 Å². The van der Waals surface area contributed by atoms with Gasteiger partial charge in [-0.25, -0.2) is 4.79 Å². The third kappa shape index (κ3) is 4.63. The summed E-state index contributed by atoms with van der Waals surface area (Å²) in [4.78, 5) is 31.5. The monoisotopic (exact) mass is 269 g/mol. The predicted octanol–water partition coefficient (Wildman–Crippen LogP) is 0.872. The molecule has 0 radical (unpaired) electrons. The fraction of sp³-hybridized carbons (Fsp3) is 0.500. The second kappa shape index (κ2) is 7.42. The van der Waals surface area contributed by atoms with E-state index in [1.165, 1.54) is 6.08 Å². The molecule has 0 N–H and O–H groups in total. The molecule has 0 aromatic carbocycles. The number of ether oxygens (including phenoxy) is 2. The molecule has 0 saturated heterocycles. The molecule has 19 heavy (non-hydrogen) atoms. The zero-order chi connectivity index (χ0) is 14.3. The Hall–Kier alpha value is -2.02. The van der Waals surface area contributed by atoms with Crippen LogP contribution in [0.1, 0.15) is 13.3 Å². The fourth-order valence-corrected chi connectivity index (χ4v) is 1.77. The lowest BCUT2D eigenvalue weighted by Gasteiger charge is -2.11. The molecule has 0 spiro atoms. The van der Waals surface area contributed by atoms with Gasteiger partial charge in [0.05, 0.1) is 17.4 Å². The number of rotatable bonds is 8. The van der Waals surface area contributed by atoms with E-state index in [4.69, 9.17) is 4.74 Å². The third-order valence-electron chi connectivity index (χ3n) is 2.71. The van der Waals surface area contributed by atoms with E-state index in [0.717, 1.165) is 5.57 Å². The van der Waals surface area contributed by atoms with Crippen molar-refractivity contribution in [2.24, 2.45) is 5.92 Å². The number of nitro groups is 1. The summed E-state index contributed by atoms with van der Waals surface area (Å²) in [5.41, 5.74) is 0.991. The van der Waals surface area contributed by atoms with Crippen molar-refractivity contribution in [2.75, 3.05) is 19.8 Å². The highest BCUT2D eigenvalue weighted by Gasteiger charge is 2.29. The maximum absolute atomic E-state index is 11.2. The van der Waals surface area contributed by atoms with Crippen molar-refractivity contribution in [3.8, 4) is 0 Å². The van der Waals surface area contributed by atoms with Crippen LogP contribution < -0.4 is 0 Å². The summed E-state index contributed by atoms with van der Waals surface area (Å²) in [6, 6.07) is 0. The quantitative estimate of drug-likeness (QED) is 0.213. The lowest BCUT2D eigenvalue weighted by atomic mass is 9.98. The van der Waals surface area contributed by atoms with Gasteiger partial charge in [-0.1, -0.05) is 11.6 Å². The van der Waals surface area contributed by atoms with Gasteiger partial charge in [0.1, 0.15) is 19.5 Å². The normalized spacial score (nSPS) is 17.6. The largest absolute Gasteiger partial charge is 0.464 e. The van der Waals surface area contributed by atoms with Crippen molar-refractivity contribution < 1.29 is 24.0 Å². The Kier molecular flexibility index (Phi) is 5.87. The lowest BCUT2D eigenvalue weighted by molar-refractivity contribution is -0.432. The highest BCUT2D eigenvalue weighted by atomic mass is 16.6. The molecular weight excluding hydrogens is 254 g/mol. The standard InChI is InChI=1S/C12H15NO6/c1-9-2-3-11(13(16)17)10(9)4-6-19-12(15)8-18-7-5-14/h2-3,5,10H,4,6-8H2,1H3. The molecule has 1 atom stereocenters. The molecule has 0 aliphatic heterocycles. The zero-order valence-electron chi connectivity index (χ0n) is 10.5. The van der Waals surface area contributed by atoms with Crippen LogP contribution in [0, 0.1) is 16.0 Å². The van der Waals surface area contributed by atoms with Crippen LogP contribution in [0.3, 0.4) is 0 Å². The molecule has 0 fully saturated rings. The molecule has 0 aromatic rings. The van der Waals surface area contributed by atoms with Gasteiger partial charge in [0.15, 0.2) is 0 Å². The Labute approximate surface area is 110 Å². The van der Waals surface area contributed by atoms with Crippen LogP contribution in [0.25, 0.3) is 0 Å². The van der Waals surface area contributed by atoms with Gasteiger partial charge in [-0.05, 0) is 13.3 Å². The number of hydrogen-bond donors (Lipinski definition) is 0. The molecule has 1 aliphatic carbocycles. The highest BCUT2D eigenvalue weighted by molar-refractivity contribution is 5.70. The minimum absolute atomic E-state index is 0.0737. The van der Waals surface area contributed by atoms with E-state index >= 15 is 0 Å². The first-order chi connectivity index (χ1) is 9.06. The smallest absolute Gasteiger partial charge is 0.332 e. The first-order valence-electron chi connectivity index (χ1n) is 5.76. The summed E-state index contributed by atoms with van der Waals surface area (Å²) in [6.45, 7) is 1.42. The average Bonchev–Trinajstić information content (AvgIpc) is 2.72. The Balaban J connectivity index is 2.30. The average molecular weight is 269 g/mol. The van der Waals surface area contributed by atoms with Gasteiger partial charge in [-0.15, -0.1) is 0 Å². The summed E-state index contributed by atoms with van der Waals surface area (Å²) in [6.07, 6.45) is 4.05. The van der Waals surface area contributed by atoms with Gasteiger partial charge >= 0.3 is 5.97 Å². The molecule has 7 nitrogen and oxygen atoms in total. The Morgan fingerprint density at radius 1 is 1.53 bits per heavy atom. The Morgan fingerprint density at radius 2 is 2.26 bits per heavy atom. The third-order valence-corrected chi connectivity index (χ3v) is 2.71. The highest BCUT2D eigenvalue weighted by Crippen LogP contribution is 2.29. The van der Waals surface area contributed by atoms with Crippen molar-refractivity contribution in [3.63, 3.8) is 0 Å². The second-order valence-electron chi connectivity index (χ2n) is 4.00. The summed E-state index contributed by atoms with van der Waals surface area (Å²) < 4.78 is 9.54. The number of carbonyl (C=O) groups is 2. The first-order valence-corrected chi connectivity index (χ1v) is 5.76. The van der Waals surface area contributed by atoms with Crippen LogP contribution in [-0.2, 0) is 19.1 Å². The van der Waals surface area contributed by atoms with Crippen molar-refractivity contribution >= 4 is 12.3 Å². The predicted molar refractivity (Wildman–Crippen MR) is 64.8 cm³/mol. The minimum Gasteiger partial charge on any atom is -0.464 e. The van der Waals surface area contributed by atoms with E-state index in [9.17, 15) is 19.7 Å². The molecule has 0 saturated carbocycles. The number of nitrogens with zero attached hydrogens (tertiary/aromatic N) is 1. The Morgan fingerprint density at radius 3 is 2.89 bits per heavy atom. The van der Waals surface area contributed by atoms with Crippen molar-refractivity contribution in [2.45, 2.75) is 13.3 Å². The molecule has 0 aromatic heterocycles. The first kappa shape index (κ1) is 15.0. The molecular formula is C12H15NO6. The summed E-state index contributed by atoms with van der Waals surface area (Å²) >= 11 is 0. The maximum Gasteiger partial charge on any atom is 0.332 e. The van der Waals surface area contributed by atoms with Crippen LogP contribution >= 0.6 is 0 Å². The van der Waals surface area contributed by atoms with Crippen LogP contribution in [0.5, 0.6) is 0 Å². The van der Waals surface area contributed by atoms with Gasteiger partial charge in [-0.2, -0.15) is 0 Å². The number of allylic oxidation sites excluding steroid dienone is 3. The number of hydrogen-bond acceptors (Lipinski definition) is 6. The summed E-state index contributed by atoms with van der Waals surface area (Å²) in [5, 5.41) is 10.8. The second-order valence-corrected chi connectivity index (χ2v) is 4.00. The van der Waals surface area contributed by atoms with E-state index in [1.807, 2.05) is 0 Å². The van der Waals surface area contributed by atoms with E-state index in [1.54, 1.807) is 13.0 Å². The molecule has 1 rings (SSSR count). The van der Waals surface area contributed by atoms with E-state index < -0.39 is 10.9 Å². The van der Waals surface area contributed by atoms with Crippen LogP contribution in [-0.4, -0.2) is 37.0 Å².